The van der Waals surface area contributed by atoms with Gasteiger partial charge in [0.05, 0.1) is 11.2 Å². The van der Waals surface area contributed by atoms with E-state index in [1.165, 1.54) is 0 Å². The van der Waals surface area contributed by atoms with Crippen molar-refractivity contribution in [2.75, 3.05) is 7.04 Å². The van der Waals surface area contributed by atoms with Gasteiger partial charge in [-0.1, -0.05) is 24.3 Å². The van der Waals surface area contributed by atoms with Gasteiger partial charge in [-0.25, -0.2) is 0 Å². The lowest BCUT2D eigenvalue weighted by Crippen LogP contribution is -1.93. The molecule has 0 unspecified atom stereocenters. The van der Waals surface area contributed by atoms with Crippen molar-refractivity contribution in [2.24, 2.45) is 0 Å². The summed E-state index contributed by atoms with van der Waals surface area (Å²) in [5.41, 5.74) is 1.09. The van der Waals surface area contributed by atoms with Crippen molar-refractivity contribution in [3.8, 4) is 5.75 Å². The highest BCUT2D eigenvalue weighted by atomic mass is 16.5. The number of aryl methyl sites for hydroxylation is 1. The van der Waals surface area contributed by atoms with Crippen LogP contribution in [0.4, 0.5) is 0 Å². The van der Waals surface area contributed by atoms with Gasteiger partial charge in [0.15, 0.2) is 0 Å². The first-order chi connectivity index (χ1) is 9.33. The van der Waals surface area contributed by atoms with Gasteiger partial charge >= 0.3 is 0 Å². The molecule has 0 spiro atoms. The molecule has 0 atom stereocenters. The van der Waals surface area contributed by atoms with Crippen molar-refractivity contribution >= 4 is 16.6 Å². The van der Waals surface area contributed by atoms with Gasteiger partial charge in [-0.15, -0.1) is 0 Å². The van der Waals surface area contributed by atoms with E-state index >= 15 is 0 Å². The normalized spacial score (nSPS) is 13.8. The van der Waals surface area contributed by atoms with Crippen LogP contribution in [0.3, 0.4) is 0 Å². The van der Waals surface area contributed by atoms with Crippen LogP contribution >= 0.6 is 0 Å². The molecule has 0 aliphatic rings. The van der Waals surface area contributed by atoms with Crippen molar-refractivity contribution < 1.29 is 13.6 Å². The summed E-state index contributed by atoms with van der Waals surface area (Å²) in [4.78, 5) is 11.0. The van der Waals surface area contributed by atoms with Gasteiger partial charge in [-0.2, -0.15) is 0 Å². The Morgan fingerprint density at radius 2 is 2.00 bits per heavy atom. The molecule has 2 heteroatoms. The third kappa shape index (κ3) is 2.84. The van der Waals surface area contributed by atoms with Gasteiger partial charge in [0.25, 0.3) is 0 Å². The number of Topliss-reactive ketones (excluding diaryl/α,β-unsaturated/α-hetero) is 1. The van der Waals surface area contributed by atoms with Crippen LogP contribution in [0.25, 0.3) is 10.8 Å². The van der Waals surface area contributed by atoms with Crippen LogP contribution in [0.5, 0.6) is 5.75 Å². The molecule has 0 aliphatic heterocycles. The van der Waals surface area contributed by atoms with Gasteiger partial charge in [0.2, 0.25) is 0 Å². The van der Waals surface area contributed by atoms with E-state index in [-0.39, 0.29) is 5.78 Å². The Bertz CT molecular complexity index is 633. The summed E-state index contributed by atoms with van der Waals surface area (Å²) in [5.74, 6) is 0.500. The quantitative estimate of drug-likeness (QED) is 0.806. The van der Waals surface area contributed by atoms with Crippen molar-refractivity contribution in [2.45, 2.75) is 19.8 Å². The zero-order valence-corrected chi connectivity index (χ0v) is 9.69. The minimum atomic E-state index is -2.44. The highest BCUT2D eigenvalue weighted by molar-refractivity contribution is 5.84. The molecule has 0 saturated carbocycles. The van der Waals surface area contributed by atoms with Crippen LogP contribution in [-0.4, -0.2) is 12.8 Å². The van der Waals surface area contributed by atoms with Gasteiger partial charge in [-0.05, 0) is 41.8 Å². The zero-order valence-electron chi connectivity index (χ0n) is 12.7. The minimum Gasteiger partial charge on any atom is -0.497 e. The number of ketones is 1. The molecule has 2 nitrogen and oxygen atoms in total. The molecule has 0 saturated heterocycles. The van der Waals surface area contributed by atoms with Crippen molar-refractivity contribution in [1.29, 1.82) is 0 Å². The lowest BCUT2D eigenvalue weighted by Gasteiger charge is -2.05. The second-order valence-electron chi connectivity index (χ2n) is 4.15. The SMILES string of the molecule is [2H]C([2H])([2H])Oc1ccc2cc(CCC(C)=O)ccc2c1. The summed E-state index contributed by atoms with van der Waals surface area (Å²) >= 11 is 0. The van der Waals surface area contributed by atoms with E-state index in [2.05, 4.69) is 0 Å². The number of rotatable bonds is 4. The van der Waals surface area contributed by atoms with Crippen LogP contribution in [-0.2, 0) is 11.2 Å². The molecule has 0 N–H and O–H groups in total. The van der Waals surface area contributed by atoms with E-state index in [4.69, 9.17) is 8.85 Å². The van der Waals surface area contributed by atoms with Crippen LogP contribution in [0.1, 0.15) is 23.0 Å². The number of ether oxygens (including phenoxy) is 1. The fourth-order valence-corrected chi connectivity index (χ4v) is 1.81. The smallest absolute Gasteiger partial charge is 0.130 e. The highest BCUT2D eigenvalue weighted by Crippen LogP contribution is 2.22. The van der Waals surface area contributed by atoms with Gasteiger partial charge in [-0.3, -0.25) is 0 Å². The Morgan fingerprint density at radius 3 is 2.76 bits per heavy atom. The lowest BCUT2D eigenvalue weighted by molar-refractivity contribution is -0.116. The monoisotopic (exact) mass is 231 g/mol. The molecule has 0 aromatic heterocycles. The average molecular weight is 231 g/mol. The first-order valence-corrected chi connectivity index (χ1v) is 5.55. The molecule has 0 radical (unpaired) electrons. The predicted octanol–water partition coefficient (Wildman–Crippen LogP) is 3.37. The molecule has 0 amide bonds. The Morgan fingerprint density at radius 1 is 1.24 bits per heavy atom. The second-order valence-corrected chi connectivity index (χ2v) is 4.15. The third-order valence-electron chi connectivity index (χ3n) is 2.76. The van der Waals surface area contributed by atoms with E-state index in [0.29, 0.717) is 12.2 Å². The number of benzene rings is 2. The molecular weight excluding hydrogens is 212 g/mol. The number of hydrogen-bond donors (Lipinski definition) is 0. The minimum absolute atomic E-state index is 0.173. The van der Waals surface area contributed by atoms with E-state index in [0.717, 1.165) is 22.8 Å². The molecule has 2 rings (SSSR count). The molecule has 0 bridgehead atoms. The fraction of sp³-hybridized carbons (Fsp3) is 0.267. The van der Waals surface area contributed by atoms with Crippen molar-refractivity contribution in [3.63, 3.8) is 0 Å². The summed E-state index contributed by atoms with van der Waals surface area (Å²) in [6.45, 7) is 1.58. The number of hydrogen-bond acceptors (Lipinski definition) is 2. The van der Waals surface area contributed by atoms with E-state index in [1.54, 1.807) is 19.1 Å². The highest BCUT2D eigenvalue weighted by Gasteiger charge is 2.00. The molecule has 2 aromatic rings. The van der Waals surface area contributed by atoms with Gasteiger partial charge in [0.1, 0.15) is 11.5 Å². The number of fused-ring (bicyclic) bond motifs is 1. The topological polar surface area (TPSA) is 26.3 Å². The number of methoxy groups -OCH3 is 1. The summed E-state index contributed by atoms with van der Waals surface area (Å²) in [6, 6.07) is 11.0. The zero-order chi connectivity index (χ0) is 14.8. The largest absolute Gasteiger partial charge is 0.497 e. The van der Waals surface area contributed by atoms with E-state index in [1.807, 2.05) is 24.3 Å². The van der Waals surface area contributed by atoms with Gasteiger partial charge < -0.3 is 9.53 Å². The maximum absolute atomic E-state index is 11.0. The summed E-state index contributed by atoms with van der Waals surface area (Å²) < 4.78 is 26.1. The predicted molar refractivity (Wildman–Crippen MR) is 69.5 cm³/mol. The second kappa shape index (κ2) is 5.00. The van der Waals surface area contributed by atoms with E-state index < -0.39 is 7.04 Å². The summed E-state index contributed by atoms with van der Waals surface area (Å²) in [7, 11) is -2.44. The Kier molecular flexibility index (Phi) is 2.44. The molecule has 0 heterocycles. The van der Waals surface area contributed by atoms with Crippen LogP contribution in [0, 0.1) is 0 Å². The van der Waals surface area contributed by atoms with Crippen LogP contribution in [0.2, 0.25) is 0 Å². The Labute approximate surface area is 105 Å². The molecule has 0 fully saturated rings. The van der Waals surface area contributed by atoms with E-state index in [9.17, 15) is 4.79 Å². The Balaban J connectivity index is 2.23. The first kappa shape index (κ1) is 8.29. The van der Waals surface area contributed by atoms with Crippen LogP contribution < -0.4 is 4.74 Å². The summed E-state index contributed by atoms with van der Waals surface area (Å²) in [5, 5.41) is 1.92. The number of carbonyl (C=O) groups excluding carboxylic acids is 1. The maximum atomic E-state index is 11.0. The average Bonchev–Trinajstić information content (AvgIpc) is 2.34. The van der Waals surface area contributed by atoms with Gasteiger partial charge in [0, 0.05) is 6.42 Å². The molecule has 2 aromatic carbocycles. The third-order valence-corrected chi connectivity index (χ3v) is 2.76. The molecule has 17 heavy (non-hydrogen) atoms. The lowest BCUT2D eigenvalue weighted by atomic mass is 10.0. The summed E-state index contributed by atoms with van der Waals surface area (Å²) in [6.07, 6.45) is 1.25. The maximum Gasteiger partial charge on any atom is 0.130 e. The first-order valence-electron chi connectivity index (χ1n) is 7.05. The Hall–Kier alpha value is -1.83. The molecule has 0 aliphatic carbocycles. The molecule has 88 valence electrons. The standard InChI is InChI=1S/C15H16O2/c1-11(16)3-4-12-5-6-14-10-15(17-2)8-7-13(14)9-12/h5-10H,3-4H2,1-2H3/i2D3. The van der Waals surface area contributed by atoms with Crippen molar-refractivity contribution in [1.82, 2.24) is 0 Å². The molecular formula is C15H16O2. The van der Waals surface area contributed by atoms with Crippen molar-refractivity contribution in [3.05, 3.63) is 42.0 Å². The van der Waals surface area contributed by atoms with Crippen LogP contribution in [0.15, 0.2) is 36.4 Å². The number of carbonyl (C=O) groups is 1. The fourth-order valence-electron chi connectivity index (χ4n) is 1.81.